The van der Waals surface area contributed by atoms with E-state index in [1.807, 2.05) is 23.1 Å². The van der Waals surface area contributed by atoms with Gasteiger partial charge in [-0.05, 0) is 42.2 Å². The molecule has 5 heteroatoms. The number of hydrogen-bond donors (Lipinski definition) is 0. The zero-order valence-corrected chi connectivity index (χ0v) is 13.2. The molecular weight excluding hydrogens is 304 g/mol. The van der Waals surface area contributed by atoms with Gasteiger partial charge in [0.25, 0.3) is 5.69 Å². The van der Waals surface area contributed by atoms with Crippen LogP contribution in [-0.4, -0.2) is 22.3 Å². The van der Waals surface area contributed by atoms with Crippen LogP contribution in [0.3, 0.4) is 0 Å². The molecule has 3 rings (SSSR count). The lowest BCUT2D eigenvalue weighted by molar-refractivity contribution is -0.384. The molecule has 0 saturated carbocycles. The molecule has 1 heterocycles. The first-order valence-corrected chi connectivity index (χ1v) is 7.93. The van der Waals surface area contributed by atoms with Crippen molar-refractivity contribution < 1.29 is 9.72 Å². The van der Waals surface area contributed by atoms with Crippen LogP contribution in [0, 0.1) is 10.1 Å². The van der Waals surface area contributed by atoms with Crippen molar-refractivity contribution >= 4 is 17.7 Å². The lowest BCUT2D eigenvalue weighted by Crippen LogP contribution is -2.28. The van der Waals surface area contributed by atoms with Gasteiger partial charge in [-0.25, -0.2) is 0 Å². The Hall–Kier alpha value is -2.95. The van der Waals surface area contributed by atoms with Crippen LogP contribution in [-0.2, 0) is 4.79 Å². The first kappa shape index (κ1) is 15.9. The van der Waals surface area contributed by atoms with Gasteiger partial charge in [-0.3, -0.25) is 14.9 Å². The summed E-state index contributed by atoms with van der Waals surface area (Å²) in [6.45, 7) is 0.753. The maximum absolute atomic E-state index is 12.5. The molecule has 5 nitrogen and oxygen atoms in total. The Morgan fingerprint density at radius 2 is 1.83 bits per heavy atom. The maximum atomic E-state index is 12.5. The Balaban J connectivity index is 1.70. The van der Waals surface area contributed by atoms with Crippen molar-refractivity contribution in [1.82, 2.24) is 4.90 Å². The predicted molar refractivity (Wildman–Crippen MR) is 92.3 cm³/mol. The number of likely N-dealkylation sites (tertiary alicyclic amines) is 1. The summed E-state index contributed by atoms with van der Waals surface area (Å²) in [5, 5.41) is 10.6. The van der Waals surface area contributed by atoms with Crippen molar-refractivity contribution in [2.24, 2.45) is 0 Å². The number of carbonyl (C=O) groups excluding carboxylic acids is 1. The Bertz CT molecular complexity index is 754. The molecule has 2 aromatic carbocycles. The molecule has 1 saturated heterocycles. The summed E-state index contributed by atoms with van der Waals surface area (Å²) >= 11 is 0. The summed E-state index contributed by atoms with van der Waals surface area (Å²) in [7, 11) is 0. The van der Waals surface area contributed by atoms with Gasteiger partial charge in [0.2, 0.25) is 5.91 Å². The molecule has 0 aliphatic carbocycles. The van der Waals surface area contributed by atoms with Crippen LogP contribution in [0.5, 0.6) is 0 Å². The number of rotatable bonds is 4. The summed E-state index contributed by atoms with van der Waals surface area (Å²) in [6.07, 6.45) is 5.21. The normalized spacial score (nSPS) is 17.3. The smallest absolute Gasteiger partial charge is 0.269 e. The molecule has 1 aliphatic rings. The van der Waals surface area contributed by atoms with Crippen molar-refractivity contribution in [2.75, 3.05) is 6.54 Å². The highest BCUT2D eigenvalue weighted by Crippen LogP contribution is 2.31. The van der Waals surface area contributed by atoms with Gasteiger partial charge in [-0.2, -0.15) is 0 Å². The second-order valence-electron chi connectivity index (χ2n) is 5.78. The molecule has 1 atom stereocenters. The van der Waals surface area contributed by atoms with Gasteiger partial charge >= 0.3 is 0 Å². The van der Waals surface area contributed by atoms with Crippen molar-refractivity contribution in [3.8, 4) is 0 Å². The van der Waals surface area contributed by atoms with Gasteiger partial charge in [0.15, 0.2) is 0 Å². The van der Waals surface area contributed by atoms with E-state index in [0.29, 0.717) is 0 Å². The zero-order chi connectivity index (χ0) is 16.9. The maximum Gasteiger partial charge on any atom is 0.269 e. The molecule has 24 heavy (non-hydrogen) atoms. The van der Waals surface area contributed by atoms with Gasteiger partial charge in [0, 0.05) is 24.8 Å². The van der Waals surface area contributed by atoms with Crippen LogP contribution in [0.2, 0.25) is 0 Å². The van der Waals surface area contributed by atoms with E-state index in [4.69, 9.17) is 0 Å². The standard InChI is InChI=1S/C19H18N2O3/c22-19(13-10-15-8-11-17(12-9-15)21(23)24)20-14-4-7-18(20)16-5-2-1-3-6-16/h1-3,5-6,8-13,18H,4,7,14H2/b13-10+. The minimum atomic E-state index is -0.437. The highest BCUT2D eigenvalue weighted by atomic mass is 16.6. The number of non-ortho nitro benzene ring substituents is 1. The fraction of sp³-hybridized carbons (Fsp3) is 0.211. The minimum Gasteiger partial charge on any atom is -0.332 e. The van der Waals surface area contributed by atoms with Crippen molar-refractivity contribution in [1.29, 1.82) is 0 Å². The van der Waals surface area contributed by atoms with Gasteiger partial charge < -0.3 is 4.90 Å². The molecule has 0 spiro atoms. The number of hydrogen-bond acceptors (Lipinski definition) is 3. The van der Waals surface area contributed by atoms with E-state index in [2.05, 4.69) is 12.1 Å². The fourth-order valence-corrected chi connectivity index (χ4v) is 3.02. The number of amides is 1. The summed E-state index contributed by atoms with van der Waals surface area (Å²) in [5.74, 6) is -0.0281. The summed E-state index contributed by atoms with van der Waals surface area (Å²) in [6, 6.07) is 16.3. The van der Waals surface area contributed by atoms with E-state index in [1.165, 1.54) is 12.1 Å². The lowest BCUT2D eigenvalue weighted by Gasteiger charge is -2.23. The van der Waals surface area contributed by atoms with E-state index < -0.39 is 4.92 Å². The zero-order valence-electron chi connectivity index (χ0n) is 13.2. The van der Waals surface area contributed by atoms with Gasteiger partial charge in [0.05, 0.1) is 11.0 Å². The number of nitrogens with zero attached hydrogens (tertiary/aromatic N) is 2. The van der Waals surface area contributed by atoms with Crippen LogP contribution >= 0.6 is 0 Å². The topological polar surface area (TPSA) is 63.4 Å². The van der Waals surface area contributed by atoms with Crippen molar-refractivity contribution in [3.05, 3.63) is 81.9 Å². The van der Waals surface area contributed by atoms with Gasteiger partial charge in [-0.15, -0.1) is 0 Å². The van der Waals surface area contributed by atoms with Crippen molar-refractivity contribution in [3.63, 3.8) is 0 Å². The van der Waals surface area contributed by atoms with E-state index in [0.717, 1.165) is 30.5 Å². The van der Waals surface area contributed by atoms with Crippen molar-refractivity contribution in [2.45, 2.75) is 18.9 Å². The van der Waals surface area contributed by atoms with Crippen LogP contribution in [0.1, 0.15) is 30.0 Å². The molecular formula is C19H18N2O3. The molecule has 0 N–H and O–H groups in total. The largest absolute Gasteiger partial charge is 0.332 e. The average molecular weight is 322 g/mol. The van der Waals surface area contributed by atoms with Gasteiger partial charge in [-0.1, -0.05) is 30.3 Å². The third-order valence-corrected chi connectivity index (χ3v) is 4.24. The second-order valence-corrected chi connectivity index (χ2v) is 5.78. The first-order chi connectivity index (χ1) is 11.6. The Morgan fingerprint density at radius 1 is 1.12 bits per heavy atom. The Kier molecular flexibility index (Phi) is 4.70. The number of carbonyl (C=O) groups is 1. The molecule has 1 unspecified atom stereocenters. The molecule has 0 bridgehead atoms. The Labute approximate surface area is 140 Å². The molecule has 1 aliphatic heterocycles. The van der Waals surface area contributed by atoms with E-state index in [-0.39, 0.29) is 17.6 Å². The number of benzene rings is 2. The lowest BCUT2D eigenvalue weighted by atomic mass is 10.0. The predicted octanol–water partition coefficient (Wildman–Crippen LogP) is 3.97. The Morgan fingerprint density at radius 3 is 2.50 bits per heavy atom. The fourth-order valence-electron chi connectivity index (χ4n) is 3.02. The average Bonchev–Trinajstić information content (AvgIpc) is 3.10. The monoisotopic (exact) mass is 322 g/mol. The van der Waals surface area contributed by atoms with Gasteiger partial charge in [0.1, 0.15) is 0 Å². The minimum absolute atomic E-state index is 0.0281. The first-order valence-electron chi connectivity index (χ1n) is 7.93. The van der Waals surface area contributed by atoms with Crippen LogP contribution < -0.4 is 0 Å². The second kappa shape index (κ2) is 7.08. The molecule has 2 aromatic rings. The van der Waals surface area contributed by atoms with Crippen LogP contribution in [0.4, 0.5) is 5.69 Å². The number of nitro groups is 1. The molecule has 0 aromatic heterocycles. The molecule has 0 radical (unpaired) electrons. The van der Waals surface area contributed by atoms with Crippen LogP contribution in [0.25, 0.3) is 6.08 Å². The number of nitro benzene ring substituents is 1. The summed E-state index contributed by atoms with van der Waals surface area (Å²) < 4.78 is 0. The molecule has 1 fully saturated rings. The summed E-state index contributed by atoms with van der Waals surface area (Å²) in [5.41, 5.74) is 1.97. The van der Waals surface area contributed by atoms with E-state index in [1.54, 1.807) is 24.3 Å². The summed E-state index contributed by atoms with van der Waals surface area (Å²) in [4.78, 5) is 24.6. The molecule has 122 valence electrons. The van der Waals surface area contributed by atoms with E-state index >= 15 is 0 Å². The van der Waals surface area contributed by atoms with E-state index in [9.17, 15) is 14.9 Å². The third-order valence-electron chi connectivity index (χ3n) is 4.24. The third kappa shape index (κ3) is 3.51. The molecule has 1 amide bonds. The highest BCUT2D eigenvalue weighted by molar-refractivity contribution is 5.92. The van der Waals surface area contributed by atoms with Crippen LogP contribution in [0.15, 0.2) is 60.7 Å². The highest BCUT2D eigenvalue weighted by Gasteiger charge is 2.28. The SMILES string of the molecule is O=C(/C=C/c1ccc([N+](=O)[O-])cc1)N1CCCC1c1ccccc1. The quantitative estimate of drug-likeness (QED) is 0.486.